The average molecular weight is 464 g/mol. The first-order valence-corrected chi connectivity index (χ1v) is 11.5. The monoisotopic (exact) mass is 463 g/mol. The van der Waals surface area contributed by atoms with Gasteiger partial charge in [0, 0.05) is 30.3 Å². The van der Waals surface area contributed by atoms with E-state index < -0.39 is 6.04 Å². The summed E-state index contributed by atoms with van der Waals surface area (Å²) in [4.78, 5) is 32.6. The molecule has 33 heavy (non-hydrogen) atoms. The van der Waals surface area contributed by atoms with E-state index in [9.17, 15) is 9.59 Å². The molecule has 0 bridgehead atoms. The summed E-state index contributed by atoms with van der Waals surface area (Å²) in [7, 11) is 3.07. The minimum absolute atomic E-state index is 0.196. The molecule has 2 heterocycles. The number of nitrogens with zero attached hydrogens (tertiary/aromatic N) is 2. The number of hydrogen-bond donors (Lipinski definition) is 1. The molecule has 2 amide bonds. The van der Waals surface area contributed by atoms with Gasteiger partial charge in [0.05, 0.1) is 14.2 Å². The zero-order valence-corrected chi connectivity index (χ0v) is 19.2. The van der Waals surface area contributed by atoms with E-state index >= 15 is 0 Å². The van der Waals surface area contributed by atoms with Crippen LogP contribution in [0.25, 0.3) is 0 Å². The van der Waals surface area contributed by atoms with E-state index in [0.717, 1.165) is 11.1 Å². The zero-order chi connectivity index (χ0) is 23.2. The SMILES string of the molecule is COc1ccc(C(=O)N2C(C(=O)NCc3cccnc3)CSC2c2ccccc2)cc1OC. The number of carbonyl (C=O) groups excluding carboxylic acids is 2. The van der Waals surface area contributed by atoms with Crippen molar-refractivity contribution in [2.45, 2.75) is 18.0 Å². The maximum Gasteiger partial charge on any atom is 0.255 e. The molecule has 1 aliphatic heterocycles. The van der Waals surface area contributed by atoms with Crippen molar-refractivity contribution in [3.8, 4) is 11.5 Å². The lowest BCUT2D eigenvalue weighted by Gasteiger charge is -2.29. The summed E-state index contributed by atoms with van der Waals surface area (Å²) < 4.78 is 10.7. The zero-order valence-electron chi connectivity index (χ0n) is 18.4. The van der Waals surface area contributed by atoms with Gasteiger partial charge in [0.2, 0.25) is 5.91 Å². The Morgan fingerprint density at radius 2 is 1.85 bits per heavy atom. The summed E-state index contributed by atoms with van der Waals surface area (Å²) in [5.41, 5.74) is 2.30. The maximum absolute atomic E-state index is 13.7. The first-order chi connectivity index (χ1) is 16.1. The van der Waals surface area contributed by atoms with E-state index in [1.807, 2.05) is 42.5 Å². The van der Waals surface area contributed by atoms with Crippen molar-refractivity contribution in [2.24, 2.45) is 0 Å². The maximum atomic E-state index is 13.7. The van der Waals surface area contributed by atoms with Crippen LogP contribution < -0.4 is 14.8 Å². The van der Waals surface area contributed by atoms with E-state index in [-0.39, 0.29) is 17.2 Å². The van der Waals surface area contributed by atoms with E-state index in [2.05, 4.69) is 10.3 Å². The molecule has 1 aromatic heterocycles. The highest BCUT2D eigenvalue weighted by atomic mass is 32.2. The molecule has 1 saturated heterocycles. The van der Waals surface area contributed by atoms with Crippen molar-refractivity contribution in [1.82, 2.24) is 15.2 Å². The third-order valence-corrected chi connectivity index (χ3v) is 6.77. The first-order valence-electron chi connectivity index (χ1n) is 10.5. The Morgan fingerprint density at radius 1 is 1.06 bits per heavy atom. The van der Waals surface area contributed by atoms with Gasteiger partial charge in [-0.1, -0.05) is 36.4 Å². The Balaban J connectivity index is 1.62. The molecule has 2 atom stereocenters. The van der Waals surface area contributed by atoms with Gasteiger partial charge < -0.3 is 19.7 Å². The molecule has 4 rings (SSSR count). The number of amides is 2. The summed E-state index contributed by atoms with van der Waals surface area (Å²) in [6.45, 7) is 0.349. The molecule has 170 valence electrons. The number of aromatic nitrogens is 1. The second-order valence-electron chi connectivity index (χ2n) is 7.47. The minimum Gasteiger partial charge on any atom is -0.493 e. The number of ether oxygens (including phenoxy) is 2. The van der Waals surface area contributed by atoms with E-state index in [1.165, 1.54) is 7.11 Å². The van der Waals surface area contributed by atoms with Gasteiger partial charge in [0.25, 0.3) is 5.91 Å². The van der Waals surface area contributed by atoms with Crippen molar-refractivity contribution in [3.63, 3.8) is 0 Å². The molecule has 0 spiro atoms. The van der Waals surface area contributed by atoms with Crippen LogP contribution in [0.4, 0.5) is 0 Å². The lowest BCUT2D eigenvalue weighted by atomic mass is 10.1. The number of thioether (sulfide) groups is 1. The number of pyridine rings is 1. The summed E-state index contributed by atoms with van der Waals surface area (Å²) in [5, 5.41) is 2.68. The smallest absolute Gasteiger partial charge is 0.255 e. The highest BCUT2D eigenvalue weighted by Gasteiger charge is 2.42. The van der Waals surface area contributed by atoms with Crippen LogP contribution in [-0.4, -0.2) is 47.7 Å². The molecular formula is C25H25N3O4S. The fourth-order valence-corrected chi connectivity index (χ4v) is 5.19. The Hall–Kier alpha value is -3.52. The number of methoxy groups -OCH3 is 2. The highest BCUT2D eigenvalue weighted by molar-refractivity contribution is 7.99. The van der Waals surface area contributed by atoms with Crippen LogP contribution in [0.2, 0.25) is 0 Å². The topological polar surface area (TPSA) is 80.8 Å². The molecule has 0 radical (unpaired) electrons. The summed E-state index contributed by atoms with van der Waals surface area (Å²) >= 11 is 1.58. The van der Waals surface area contributed by atoms with Crippen LogP contribution in [0.3, 0.4) is 0 Å². The van der Waals surface area contributed by atoms with Crippen LogP contribution in [0, 0.1) is 0 Å². The molecular weight excluding hydrogens is 438 g/mol. The molecule has 7 nitrogen and oxygen atoms in total. The molecule has 8 heteroatoms. The van der Waals surface area contributed by atoms with Crippen molar-refractivity contribution in [3.05, 3.63) is 89.7 Å². The molecule has 2 unspecified atom stereocenters. The molecule has 1 fully saturated rings. The number of hydrogen-bond acceptors (Lipinski definition) is 6. The lowest BCUT2D eigenvalue weighted by Crippen LogP contribution is -2.47. The van der Waals surface area contributed by atoms with Gasteiger partial charge in [0.1, 0.15) is 11.4 Å². The predicted octanol–water partition coefficient (Wildman–Crippen LogP) is 3.67. The second kappa shape index (κ2) is 10.4. The fraction of sp³-hybridized carbons (Fsp3) is 0.240. The van der Waals surface area contributed by atoms with Crippen LogP contribution in [0.1, 0.15) is 26.9 Å². The van der Waals surface area contributed by atoms with Crippen molar-refractivity contribution in [1.29, 1.82) is 0 Å². The van der Waals surface area contributed by atoms with Crippen LogP contribution >= 0.6 is 11.8 Å². The van der Waals surface area contributed by atoms with Crippen LogP contribution in [-0.2, 0) is 11.3 Å². The van der Waals surface area contributed by atoms with Crippen molar-refractivity contribution < 1.29 is 19.1 Å². The van der Waals surface area contributed by atoms with E-state index in [4.69, 9.17) is 9.47 Å². The number of nitrogens with one attached hydrogen (secondary N) is 1. The third kappa shape index (κ3) is 4.96. The quantitative estimate of drug-likeness (QED) is 0.576. The molecule has 3 aromatic rings. The highest BCUT2D eigenvalue weighted by Crippen LogP contribution is 2.42. The molecule has 0 saturated carbocycles. The Morgan fingerprint density at radius 3 is 2.55 bits per heavy atom. The first kappa shape index (κ1) is 22.7. The average Bonchev–Trinajstić information content (AvgIpc) is 3.33. The van der Waals surface area contributed by atoms with Crippen molar-refractivity contribution >= 4 is 23.6 Å². The molecule has 1 aliphatic rings. The standard InChI is InChI=1S/C25H25N3O4S/c1-31-21-11-10-19(13-22(21)32-2)24(30)28-20(16-33-25(28)18-8-4-3-5-9-18)23(29)27-15-17-7-6-12-26-14-17/h3-14,20,25H,15-16H2,1-2H3,(H,27,29). The fourth-order valence-electron chi connectivity index (χ4n) is 3.76. The largest absolute Gasteiger partial charge is 0.493 e. The normalized spacial score (nSPS) is 17.5. The summed E-state index contributed by atoms with van der Waals surface area (Å²) in [6.07, 6.45) is 3.40. The van der Waals surface area contributed by atoms with Gasteiger partial charge in [-0.15, -0.1) is 11.8 Å². The van der Waals surface area contributed by atoms with Gasteiger partial charge >= 0.3 is 0 Å². The predicted molar refractivity (Wildman–Crippen MR) is 127 cm³/mol. The van der Waals surface area contributed by atoms with Gasteiger partial charge in [0.15, 0.2) is 11.5 Å². The number of rotatable bonds is 7. The Kier molecular flexibility index (Phi) is 7.14. The third-order valence-electron chi connectivity index (χ3n) is 5.44. The molecule has 1 N–H and O–H groups in total. The minimum atomic E-state index is -0.613. The summed E-state index contributed by atoms with van der Waals surface area (Å²) in [6, 6.07) is 17.9. The van der Waals surface area contributed by atoms with Gasteiger partial charge in [-0.25, -0.2) is 0 Å². The lowest BCUT2D eigenvalue weighted by molar-refractivity contribution is -0.125. The van der Waals surface area contributed by atoms with Gasteiger partial charge in [-0.05, 0) is 35.4 Å². The molecule has 2 aromatic carbocycles. The van der Waals surface area contributed by atoms with Gasteiger partial charge in [-0.3, -0.25) is 14.6 Å². The Bertz CT molecular complexity index is 1110. The number of carbonyl (C=O) groups is 2. The van der Waals surface area contributed by atoms with Gasteiger partial charge in [-0.2, -0.15) is 0 Å². The van der Waals surface area contributed by atoms with Crippen LogP contribution in [0.5, 0.6) is 11.5 Å². The Labute approximate surface area is 197 Å². The van der Waals surface area contributed by atoms with E-state index in [1.54, 1.807) is 54.4 Å². The summed E-state index contributed by atoms with van der Waals surface area (Å²) in [5.74, 6) is 1.06. The molecule has 0 aliphatic carbocycles. The van der Waals surface area contributed by atoms with E-state index in [0.29, 0.717) is 29.4 Å². The van der Waals surface area contributed by atoms with Crippen molar-refractivity contribution in [2.75, 3.05) is 20.0 Å². The van der Waals surface area contributed by atoms with Crippen LogP contribution in [0.15, 0.2) is 73.1 Å². The second-order valence-corrected chi connectivity index (χ2v) is 8.59. The number of benzene rings is 2.